The van der Waals surface area contributed by atoms with Crippen LogP contribution in [-0.4, -0.2) is 42.9 Å². The Morgan fingerprint density at radius 2 is 2.07 bits per heavy atom. The zero-order valence-electron chi connectivity index (χ0n) is 14.7. The second-order valence-electron chi connectivity index (χ2n) is 5.40. The zero-order valence-corrected chi connectivity index (χ0v) is 15.5. The fraction of sp³-hybridized carbons (Fsp3) is 0.278. The minimum atomic E-state index is -1.08. The van der Waals surface area contributed by atoms with Crippen LogP contribution in [0.25, 0.3) is 0 Å². The predicted molar refractivity (Wildman–Crippen MR) is 96.5 cm³/mol. The number of nitriles is 1. The highest BCUT2D eigenvalue weighted by Gasteiger charge is 2.24. The number of carbonyl (C=O) groups excluding carboxylic acids is 3. The van der Waals surface area contributed by atoms with Gasteiger partial charge in [-0.2, -0.15) is 5.26 Å². The molecule has 0 aliphatic rings. The highest BCUT2D eigenvalue weighted by molar-refractivity contribution is 7.09. The number of amides is 1. The van der Waals surface area contributed by atoms with Crippen LogP contribution in [0.15, 0.2) is 29.6 Å². The van der Waals surface area contributed by atoms with Crippen molar-refractivity contribution in [1.82, 2.24) is 10.3 Å². The molecule has 8 nitrogen and oxygen atoms in total. The van der Waals surface area contributed by atoms with Crippen LogP contribution in [0.5, 0.6) is 5.75 Å². The van der Waals surface area contributed by atoms with E-state index >= 15 is 0 Å². The standard InChI is InChI=1S/C18H17N3O5S/c1-11-10-27-18(21-11)13(7-19)14(22)9-26-16(23)8-20-17(24)12-5-3-4-6-15(12)25-2/h3-6,10,13H,8-9H2,1-2H3,(H,20,24)/t13-/m1/s1. The molecular formula is C18H17N3O5S. The molecule has 1 atom stereocenters. The van der Waals surface area contributed by atoms with E-state index in [-0.39, 0.29) is 5.56 Å². The first-order valence-electron chi connectivity index (χ1n) is 7.87. The highest BCUT2D eigenvalue weighted by Crippen LogP contribution is 2.20. The van der Waals surface area contributed by atoms with Crippen LogP contribution in [0.2, 0.25) is 0 Å². The third-order valence-electron chi connectivity index (χ3n) is 3.46. The molecule has 0 aliphatic carbocycles. The van der Waals surface area contributed by atoms with E-state index in [1.807, 2.05) is 6.07 Å². The number of hydrogen-bond donors (Lipinski definition) is 1. The number of esters is 1. The average molecular weight is 387 g/mol. The van der Waals surface area contributed by atoms with Crippen LogP contribution in [0, 0.1) is 18.3 Å². The number of methoxy groups -OCH3 is 1. The molecule has 0 saturated heterocycles. The smallest absolute Gasteiger partial charge is 0.325 e. The van der Waals surface area contributed by atoms with Gasteiger partial charge in [-0.05, 0) is 19.1 Å². The fourth-order valence-electron chi connectivity index (χ4n) is 2.14. The van der Waals surface area contributed by atoms with Crippen molar-refractivity contribution >= 4 is 29.0 Å². The molecule has 140 valence electrons. The van der Waals surface area contributed by atoms with Gasteiger partial charge in [0.2, 0.25) is 0 Å². The van der Waals surface area contributed by atoms with E-state index in [4.69, 9.17) is 14.7 Å². The number of ether oxygens (including phenoxy) is 2. The first-order valence-corrected chi connectivity index (χ1v) is 8.75. The molecule has 0 fully saturated rings. The lowest BCUT2D eigenvalue weighted by Crippen LogP contribution is -2.32. The number of nitrogens with one attached hydrogen (secondary N) is 1. The molecule has 0 spiro atoms. The number of hydrogen-bond acceptors (Lipinski definition) is 8. The maximum atomic E-state index is 12.1. The molecule has 9 heteroatoms. The molecule has 2 aromatic rings. The first-order chi connectivity index (χ1) is 13.0. The van der Waals surface area contributed by atoms with Crippen molar-refractivity contribution < 1.29 is 23.9 Å². The predicted octanol–water partition coefficient (Wildman–Crippen LogP) is 1.61. The van der Waals surface area contributed by atoms with Gasteiger partial charge in [-0.3, -0.25) is 14.4 Å². The highest BCUT2D eigenvalue weighted by atomic mass is 32.1. The third-order valence-corrected chi connectivity index (χ3v) is 4.48. The Kier molecular flexibility index (Phi) is 7.02. The van der Waals surface area contributed by atoms with Crippen molar-refractivity contribution in [1.29, 1.82) is 5.26 Å². The summed E-state index contributed by atoms with van der Waals surface area (Å²) in [7, 11) is 1.43. The Morgan fingerprint density at radius 1 is 1.33 bits per heavy atom. The van der Waals surface area contributed by atoms with Gasteiger partial charge in [0, 0.05) is 11.1 Å². The SMILES string of the molecule is COc1ccccc1C(=O)NCC(=O)OCC(=O)[C@@H](C#N)c1nc(C)cs1. The molecule has 0 unspecified atom stereocenters. The van der Waals surface area contributed by atoms with Crippen LogP contribution in [0.4, 0.5) is 0 Å². The average Bonchev–Trinajstić information content (AvgIpc) is 3.10. The van der Waals surface area contributed by atoms with Gasteiger partial charge in [-0.1, -0.05) is 12.1 Å². The van der Waals surface area contributed by atoms with E-state index in [1.54, 1.807) is 36.6 Å². The van der Waals surface area contributed by atoms with Crippen LogP contribution < -0.4 is 10.1 Å². The number of aryl methyl sites for hydroxylation is 1. The van der Waals surface area contributed by atoms with Crippen LogP contribution >= 0.6 is 11.3 Å². The number of benzene rings is 1. The molecule has 0 bridgehead atoms. The van der Waals surface area contributed by atoms with Gasteiger partial charge in [0.05, 0.1) is 18.7 Å². The minimum absolute atomic E-state index is 0.271. The third kappa shape index (κ3) is 5.36. The maximum absolute atomic E-state index is 12.1. The van der Waals surface area contributed by atoms with E-state index in [9.17, 15) is 14.4 Å². The summed E-state index contributed by atoms with van der Waals surface area (Å²) < 4.78 is 9.93. The quantitative estimate of drug-likeness (QED) is 0.684. The number of aromatic nitrogens is 1. The van der Waals surface area contributed by atoms with Gasteiger partial charge < -0.3 is 14.8 Å². The fourth-order valence-corrected chi connectivity index (χ4v) is 3.00. The molecule has 0 aliphatic heterocycles. The lowest BCUT2D eigenvalue weighted by Gasteiger charge is -2.09. The van der Waals surface area contributed by atoms with Crippen molar-refractivity contribution in [2.24, 2.45) is 0 Å². The molecule has 1 N–H and O–H groups in total. The van der Waals surface area contributed by atoms with Gasteiger partial charge in [0.1, 0.15) is 17.3 Å². The van der Waals surface area contributed by atoms with Crippen LogP contribution in [0.3, 0.4) is 0 Å². The largest absolute Gasteiger partial charge is 0.496 e. The second kappa shape index (κ2) is 9.45. The molecule has 0 radical (unpaired) electrons. The number of carbonyl (C=O) groups is 3. The molecule has 2 rings (SSSR count). The lowest BCUT2D eigenvalue weighted by atomic mass is 10.1. The van der Waals surface area contributed by atoms with Crippen molar-refractivity contribution in [3.8, 4) is 11.8 Å². The summed E-state index contributed by atoms with van der Waals surface area (Å²) in [6, 6.07) is 8.41. The zero-order chi connectivity index (χ0) is 19.8. The first kappa shape index (κ1) is 20.1. The van der Waals surface area contributed by atoms with Gasteiger partial charge in [-0.25, -0.2) is 4.98 Å². The molecule has 1 aromatic carbocycles. The summed E-state index contributed by atoms with van der Waals surface area (Å²) in [5.41, 5.74) is 0.978. The van der Waals surface area contributed by atoms with Crippen LogP contribution in [-0.2, 0) is 14.3 Å². The summed E-state index contributed by atoms with van der Waals surface area (Å²) in [6.07, 6.45) is 0. The lowest BCUT2D eigenvalue weighted by molar-refractivity contribution is -0.146. The number of Topliss-reactive ketones (excluding diaryl/α,β-unsaturated/α-hetero) is 1. The summed E-state index contributed by atoms with van der Waals surface area (Å²) >= 11 is 1.20. The van der Waals surface area contributed by atoms with Crippen LogP contribution in [0.1, 0.15) is 27.0 Å². The van der Waals surface area contributed by atoms with E-state index < -0.39 is 36.7 Å². The Labute approximate surface area is 159 Å². The molecular weight excluding hydrogens is 370 g/mol. The Balaban J connectivity index is 1.84. The van der Waals surface area contributed by atoms with Crippen molar-refractivity contribution in [3.05, 3.63) is 45.9 Å². The summed E-state index contributed by atoms with van der Waals surface area (Å²) in [6.45, 7) is 0.765. The second-order valence-corrected chi connectivity index (χ2v) is 6.29. The van der Waals surface area contributed by atoms with E-state index in [0.29, 0.717) is 16.5 Å². The van der Waals surface area contributed by atoms with E-state index in [1.165, 1.54) is 18.4 Å². The molecule has 27 heavy (non-hydrogen) atoms. The van der Waals surface area contributed by atoms with Gasteiger partial charge in [0.25, 0.3) is 5.91 Å². The minimum Gasteiger partial charge on any atom is -0.496 e. The maximum Gasteiger partial charge on any atom is 0.325 e. The Bertz CT molecular complexity index is 887. The van der Waals surface area contributed by atoms with Crippen molar-refractivity contribution in [3.63, 3.8) is 0 Å². The number of thiazole rings is 1. The summed E-state index contributed by atoms with van der Waals surface area (Å²) in [5, 5.41) is 13.6. The molecule has 1 heterocycles. The van der Waals surface area contributed by atoms with Crippen molar-refractivity contribution in [2.45, 2.75) is 12.8 Å². The Morgan fingerprint density at radius 3 is 2.70 bits per heavy atom. The number of nitrogens with zero attached hydrogens (tertiary/aromatic N) is 2. The molecule has 1 aromatic heterocycles. The van der Waals surface area contributed by atoms with E-state index in [2.05, 4.69) is 10.3 Å². The van der Waals surface area contributed by atoms with E-state index in [0.717, 1.165) is 0 Å². The van der Waals surface area contributed by atoms with Crippen molar-refractivity contribution in [2.75, 3.05) is 20.3 Å². The van der Waals surface area contributed by atoms with Gasteiger partial charge >= 0.3 is 5.97 Å². The number of ketones is 1. The summed E-state index contributed by atoms with van der Waals surface area (Å²) in [4.78, 5) is 40.1. The van der Waals surface area contributed by atoms with Gasteiger partial charge in [-0.15, -0.1) is 11.3 Å². The Hall–Kier alpha value is -3.25. The monoisotopic (exact) mass is 387 g/mol. The molecule has 0 saturated carbocycles. The topological polar surface area (TPSA) is 118 Å². The van der Waals surface area contributed by atoms with Gasteiger partial charge in [0.15, 0.2) is 18.3 Å². The molecule has 1 amide bonds. The normalized spacial score (nSPS) is 11.1. The summed E-state index contributed by atoms with van der Waals surface area (Å²) in [5.74, 6) is -2.59. The number of rotatable bonds is 8. The number of para-hydroxylation sites is 1.